The highest BCUT2D eigenvalue weighted by molar-refractivity contribution is 6.02. The Morgan fingerprint density at radius 1 is 1.29 bits per heavy atom. The molecule has 0 spiro atoms. The molecule has 0 bridgehead atoms. The maximum absolute atomic E-state index is 13.7. The number of fused-ring (bicyclic) bond motifs is 1. The Kier molecular flexibility index (Phi) is 6.46. The van der Waals surface area contributed by atoms with Gasteiger partial charge in [0.15, 0.2) is 0 Å². The van der Waals surface area contributed by atoms with Crippen molar-refractivity contribution in [2.24, 2.45) is 11.7 Å². The highest BCUT2D eigenvalue weighted by atomic mass is 19.1. The van der Waals surface area contributed by atoms with E-state index < -0.39 is 6.17 Å². The maximum atomic E-state index is 13.7. The van der Waals surface area contributed by atoms with Crippen LogP contribution in [-0.4, -0.2) is 42.7 Å². The highest BCUT2D eigenvalue weighted by Gasteiger charge is 2.25. The number of aromatic nitrogens is 1. The molecular weight excluding hydrogens is 357 g/mol. The van der Waals surface area contributed by atoms with Gasteiger partial charge in [-0.1, -0.05) is 13.8 Å². The fraction of sp³-hybridized carbons (Fsp3) is 0.524. The summed E-state index contributed by atoms with van der Waals surface area (Å²) in [5.41, 5.74) is 6.77. The summed E-state index contributed by atoms with van der Waals surface area (Å²) >= 11 is 0. The van der Waals surface area contributed by atoms with Gasteiger partial charge < -0.3 is 21.3 Å². The molecule has 0 radical (unpaired) electrons. The van der Waals surface area contributed by atoms with Crippen LogP contribution in [0.15, 0.2) is 24.3 Å². The lowest BCUT2D eigenvalue weighted by Crippen LogP contribution is -2.45. The van der Waals surface area contributed by atoms with Crippen LogP contribution in [0.2, 0.25) is 0 Å². The topological polar surface area (TPSA) is 83.3 Å². The number of rotatable bonds is 6. The van der Waals surface area contributed by atoms with Gasteiger partial charge in [-0.25, -0.2) is 9.37 Å². The van der Waals surface area contributed by atoms with Crippen LogP contribution in [-0.2, 0) is 0 Å². The maximum Gasteiger partial charge on any atom is 0.256 e. The van der Waals surface area contributed by atoms with E-state index >= 15 is 0 Å². The summed E-state index contributed by atoms with van der Waals surface area (Å²) in [6.45, 7) is 8.70. The zero-order valence-corrected chi connectivity index (χ0v) is 16.8. The molecule has 1 atom stereocenters. The average Bonchev–Trinajstić information content (AvgIpc) is 2.65. The first-order valence-corrected chi connectivity index (χ1v) is 9.98. The van der Waals surface area contributed by atoms with Crippen LogP contribution >= 0.6 is 0 Å². The Morgan fingerprint density at radius 3 is 2.64 bits per heavy atom. The van der Waals surface area contributed by atoms with Gasteiger partial charge in [0, 0.05) is 30.6 Å². The molecule has 1 aromatic heterocycles. The summed E-state index contributed by atoms with van der Waals surface area (Å²) in [6.07, 6.45) is 1.49. The fourth-order valence-corrected chi connectivity index (χ4v) is 3.52. The number of nitrogens with zero attached hydrogens (tertiary/aromatic N) is 2. The summed E-state index contributed by atoms with van der Waals surface area (Å²) in [5, 5.41) is 7.07. The molecule has 4 N–H and O–H groups in total. The summed E-state index contributed by atoms with van der Waals surface area (Å²) in [6, 6.07) is 6.67. The fourth-order valence-electron chi connectivity index (χ4n) is 3.52. The lowest BCUT2D eigenvalue weighted by atomic mass is 10.0. The SMILES string of the molecule is CC(C)CNC1CCN(c2nc3cc(F)ccc3cc2C(=O)NC(C)N)CC1. The zero-order chi connectivity index (χ0) is 20.3. The Morgan fingerprint density at radius 2 is 2.00 bits per heavy atom. The van der Waals surface area contributed by atoms with Crippen molar-refractivity contribution in [3.63, 3.8) is 0 Å². The van der Waals surface area contributed by atoms with E-state index in [1.807, 2.05) is 0 Å². The minimum atomic E-state index is -0.463. The first-order chi connectivity index (χ1) is 13.3. The number of hydrogen-bond donors (Lipinski definition) is 3. The Labute approximate surface area is 165 Å². The van der Waals surface area contributed by atoms with Gasteiger partial charge in [0.05, 0.1) is 17.2 Å². The van der Waals surface area contributed by atoms with Crippen molar-refractivity contribution in [1.29, 1.82) is 0 Å². The normalized spacial score (nSPS) is 16.6. The Bertz CT molecular complexity index is 831. The summed E-state index contributed by atoms with van der Waals surface area (Å²) in [5.74, 6) is 0.612. The monoisotopic (exact) mass is 387 g/mol. The number of amides is 1. The number of benzene rings is 1. The van der Waals surface area contributed by atoms with Crippen LogP contribution < -0.4 is 21.3 Å². The van der Waals surface area contributed by atoms with Gasteiger partial charge in [-0.05, 0) is 50.4 Å². The molecule has 1 fully saturated rings. The Balaban J connectivity index is 1.87. The van der Waals surface area contributed by atoms with E-state index in [4.69, 9.17) is 5.73 Å². The summed E-state index contributed by atoms with van der Waals surface area (Å²) in [7, 11) is 0. The zero-order valence-electron chi connectivity index (χ0n) is 16.8. The minimum Gasteiger partial charge on any atom is -0.356 e. The van der Waals surface area contributed by atoms with E-state index in [9.17, 15) is 9.18 Å². The average molecular weight is 388 g/mol. The molecule has 6 nitrogen and oxygen atoms in total. The van der Waals surface area contributed by atoms with Gasteiger partial charge in [-0.3, -0.25) is 4.79 Å². The van der Waals surface area contributed by atoms with Crippen molar-refractivity contribution >= 4 is 22.6 Å². The molecule has 1 aromatic carbocycles. The van der Waals surface area contributed by atoms with Gasteiger partial charge in [0.1, 0.15) is 11.6 Å². The van der Waals surface area contributed by atoms with Gasteiger partial charge in [-0.15, -0.1) is 0 Å². The molecule has 0 saturated carbocycles. The van der Waals surface area contributed by atoms with Crippen molar-refractivity contribution in [2.45, 2.75) is 45.8 Å². The Hall–Kier alpha value is -2.25. The summed E-state index contributed by atoms with van der Waals surface area (Å²) < 4.78 is 13.7. The van der Waals surface area contributed by atoms with Gasteiger partial charge in [0.25, 0.3) is 5.91 Å². The molecule has 1 unspecified atom stereocenters. The summed E-state index contributed by atoms with van der Waals surface area (Å²) in [4.78, 5) is 19.5. The van der Waals surface area contributed by atoms with Crippen molar-refractivity contribution < 1.29 is 9.18 Å². The minimum absolute atomic E-state index is 0.260. The van der Waals surface area contributed by atoms with Crippen LogP contribution in [0, 0.1) is 11.7 Å². The van der Waals surface area contributed by atoms with Crippen LogP contribution in [0.1, 0.15) is 44.0 Å². The molecule has 0 aliphatic carbocycles. The number of piperidine rings is 1. The van der Waals surface area contributed by atoms with Crippen LogP contribution in [0.5, 0.6) is 0 Å². The van der Waals surface area contributed by atoms with Crippen LogP contribution in [0.25, 0.3) is 10.9 Å². The second-order valence-corrected chi connectivity index (χ2v) is 8.02. The van der Waals surface area contributed by atoms with Gasteiger partial charge >= 0.3 is 0 Å². The van der Waals surface area contributed by atoms with E-state index in [1.54, 1.807) is 19.1 Å². The molecule has 1 saturated heterocycles. The molecule has 28 heavy (non-hydrogen) atoms. The largest absolute Gasteiger partial charge is 0.356 e. The van der Waals surface area contributed by atoms with Crippen molar-refractivity contribution in [1.82, 2.24) is 15.6 Å². The molecule has 152 valence electrons. The standard InChI is InChI=1S/C21H30FN5O/c1-13(2)12-24-17-6-8-27(9-7-17)20-18(21(28)25-14(3)23)10-15-4-5-16(22)11-19(15)26-20/h4-5,10-11,13-14,17,24H,6-9,12,23H2,1-3H3,(H,25,28). The van der Waals surface area contributed by atoms with E-state index in [0.717, 1.165) is 37.9 Å². The third kappa shape index (κ3) is 4.97. The molecule has 2 aromatic rings. The molecule has 1 aliphatic heterocycles. The second kappa shape index (κ2) is 8.84. The first kappa shape index (κ1) is 20.5. The number of hydrogen-bond acceptors (Lipinski definition) is 5. The number of nitrogens with one attached hydrogen (secondary N) is 2. The molecule has 7 heteroatoms. The molecule has 1 amide bonds. The molecular formula is C21H30FN5O. The van der Waals surface area contributed by atoms with Gasteiger partial charge in [0.2, 0.25) is 0 Å². The first-order valence-electron chi connectivity index (χ1n) is 9.98. The number of halogens is 1. The van der Waals surface area contributed by atoms with Crippen LogP contribution in [0.3, 0.4) is 0 Å². The number of anilines is 1. The third-order valence-electron chi connectivity index (χ3n) is 4.97. The number of nitrogens with two attached hydrogens (primary N) is 1. The van der Waals surface area contributed by atoms with E-state index in [0.29, 0.717) is 28.9 Å². The van der Waals surface area contributed by atoms with Crippen molar-refractivity contribution in [3.8, 4) is 0 Å². The second-order valence-electron chi connectivity index (χ2n) is 8.02. The number of carbonyl (C=O) groups is 1. The van der Waals surface area contributed by atoms with E-state index in [1.165, 1.54) is 12.1 Å². The van der Waals surface area contributed by atoms with Crippen molar-refractivity contribution in [2.75, 3.05) is 24.5 Å². The van der Waals surface area contributed by atoms with E-state index in [-0.39, 0.29) is 11.7 Å². The van der Waals surface area contributed by atoms with Gasteiger partial charge in [-0.2, -0.15) is 0 Å². The lowest BCUT2D eigenvalue weighted by Gasteiger charge is -2.34. The van der Waals surface area contributed by atoms with E-state index in [2.05, 4.69) is 34.4 Å². The third-order valence-corrected chi connectivity index (χ3v) is 4.97. The predicted octanol–water partition coefficient (Wildman–Crippen LogP) is 2.62. The molecule has 3 rings (SSSR count). The predicted molar refractivity (Wildman–Crippen MR) is 111 cm³/mol. The van der Waals surface area contributed by atoms with Crippen molar-refractivity contribution in [3.05, 3.63) is 35.6 Å². The number of carbonyl (C=O) groups excluding carboxylic acids is 1. The smallest absolute Gasteiger partial charge is 0.256 e. The highest BCUT2D eigenvalue weighted by Crippen LogP contribution is 2.27. The lowest BCUT2D eigenvalue weighted by molar-refractivity contribution is 0.0941. The molecule has 1 aliphatic rings. The van der Waals surface area contributed by atoms with Crippen LogP contribution in [0.4, 0.5) is 10.2 Å². The quantitative estimate of drug-likeness (QED) is 0.664. The molecule has 2 heterocycles. The number of pyridine rings is 1.